The molecule has 1 atom stereocenters. The summed E-state index contributed by atoms with van der Waals surface area (Å²) in [6, 6.07) is 0. The molecule has 0 aromatic carbocycles. The van der Waals surface area contributed by atoms with Gasteiger partial charge < -0.3 is 10.6 Å². The van der Waals surface area contributed by atoms with Crippen molar-refractivity contribution >= 4 is 5.91 Å². The van der Waals surface area contributed by atoms with E-state index in [1.807, 2.05) is 11.8 Å². The van der Waals surface area contributed by atoms with Crippen LogP contribution < -0.4 is 5.73 Å². The lowest BCUT2D eigenvalue weighted by atomic mass is 9.80. The summed E-state index contributed by atoms with van der Waals surface area (Å²) in [5, 5.41) is 0. The van der Waals surface area contributed by atoms with Gasteiger partial charge in [0.1, 0.15) is 0 Å². The molecule has 3 heteroatoms. The minimum atomic E-state index is 0.192. The zero-order valence-corrected chi connectivity index (χ0v) is 10.8. The number of nitrogens with two attached hydrogens (primary N) is 1. The molecule has 0 aliphatic rings. The van der Waals surface area contributed by atoms with Crippen LogP contribution >= 0.6 is 0 Å². The Hall–Kier alpha value is -0.570. The van der Waals surface area contributed by atoms with Gasteiger partial charge in [-0.15, -0.1) is 0 Å². The summed E-state index contributed by atoms with van der Waals surface area (Å²) in [4.78, 5) is 13.7. The Labute approximate surface area is 94.0 Å². The van der Waals surface area contributed by atoms with Gasteiger partial charge in [-0.25, -0.2) is 0 Å². The van der Waals surface area contributed by atoms with Crippen LogP contribution in [0.3, 0.4) is 0 Å². The molecular formula is C12H26N2O. The molecule has 0 heterocycles. The van der Waals surface area contributed by atoms with Gasteiger partial charge in [0.15, 0.2) is 0 Å². The average molecular weight is 214 g/mol. The van der Waals surface area contributed by atoms with Crippen molar-refractivity contribution in [3.05, 3.63) is 0 Å². The second-order valence-electron chi connectivity index (χ2n) is 5.23. The second-order valence-corrected chi connectivity index (χ2v) is 5.23. The molecule has 0 aromatic rings. The van der Waals surface area contributed by atoms with Crippen LogP contribution in [0.2, 0.25) is 0 Å². The molecule has 3 nitrogen and oxygen atoms in total. The number of carbonyl (C=O) groups is 1. The molecule has 0 saturated heterocycles. The van der Waals surface area contributed by atoms with Gasteiger partial charge in [0.2, 0.25) is 5.91 Å². The molecule has 1 unspecified atom stereocenters. The number of likely N-dealkylation sites (N-methyl/N-ethyl adjacent to an activating group) is 1. The van der Waals surface area contributed by atoms with E-state index in [9.17, 15) is 4.79 Å². The third kappa shape index (κ3) is 5.17. The SMILES string of the molecule is CCN(CCN)C(=O)CC(C)C(C)(C)C. The van der Waals surface area contributed by atoms with Crippen LogP contribution in [-0.4, -0.2) is 30.4 Å². The number of carbonyl (C=O) groups excluding carboxylic acids is 1. The van der Waals surface area contributed by atoms with E-state index in [0.717, 1.165) is 6.54 Å². The summed E-state index contributed by atoms with van der Waals surface area (Å²) in [7, 11) is 0. The van der Waals surface area contributed by atoms with Crippen LogP contribution in [-0.2, 0) is 4.79 Å². The van der Waals surface area contributed by atoms with Crippen molar-refractivity contribution in [1.29, 1.82) is 0 Å². The largest absolute Gasteiger partial charge is 0.342 e. The molecule has 1 amide bonds. The van der Waals surface area contributed by atoms with Crippen LogP contribution in [0.15, 0.2) is 0 Å². The lowest BCUT2D eigenvalue weighted by Crippen LogP contribution is -2.37. The van der Waals surface area contributed by atoms with E-state index in [1.54, 1.807) is 0 Å². The maximum atomic E-state index is 11.9. The Bertz CT molecular complexity index is 196. The topological polar surface area (TPSA) is 46.3 Å². The van der Waals surface area contributed by atoms with E-state index in [4.69, 9.17) is 5.73 Å². The zero-order chi connectivity index (χ0) is 12.1. The van der Waals surface area contributed by atoms with E-state index >= 15 is 0 Å². The van der Waals surface area contributed by atoms with E-state index in [2.05, 4.69) is 27.7 Å². The monoisotopic (exact) mass is 214 g/mol. The van der Waals surface area contributed by atoms with Gasteiger partial charge >= 0.3 is 0 Å². The third-order valence-corrected chi connectivity index (χ3v) is 3.09. The molecule has 0 aromatic heterocycles. The molecular weight excluding hydrogens is 188 g/mol. The Morgan fingerprint density at radius 2 is 1.93 bits per heavy atom. The van der Waals surface area contributed by atoms with Gasteiger partial charge in [-0.2, -0.15) is 0 Å². The molecule has 2 N–H and O–H groups in total. The van der Waals surface area contributed by atoms with Crippen molar-refractivity contribution in [2.75, 3.05) is 19.6 Å². The van der Waals surface area contributed by atoms with Crippen molar-refractivity contribution < 1.29 is 4.79 Å². The summed E-state index contributed by atoms with van der Waals surface area (Å²) in [6.45, 7) is 12.6. The molecule has 0 fully saturated rings. The summed E-state index contributed by atoms with van der Waals surface area (Å²) < 4.78 is 0. The fourth-order valence-electron chi connectivity index (χ4n) is 1.31. The van der Waals surface area contributed by atoms with E-state index in [1.165, 1.54) is 0 Å². The molecule has 0 aliphatic carbocycles. The number of hydrogen-bond donors (Lipinski definition) is 1. The summed E-state index contributed by atoms with van der Waals surface area (Å²) in [5.74, 6) is 0.627. The molecule has 0 bridgehead atoms. The van der Waals surface area contributed by atoms with Gasteiger partial charge in [-0.3, -0.25) is 4.79 Å². The Balaban J connectivity index is 4.22. The lowest BCUT2D eigenvalue weighted by Gasteiger charge is -2.29. The molecule has 0 radical (unpaired) electrons. The van der Waals surface area contributed by atoms with Gasteiger partial charge in [-0.1, -0.05) is 27.7 Å². The van der Waals surface area contributed by atoms with Crippen LogP contribution in [0.25, 0.3) is 0 Å². The van der Waals surface area contributed by atoms with Crippen molar-refractivity contribution in [3.8, 4) is 0 Å². The van der Waals surface area contributed by atoms with Crippen LogP contribution in [0.1, 0.15) is 41.0 Å². The van der Waals surface area contributed by atoms with Crippen molar-refractivity contribution in [3.63, 3.8) is 0 Å². The molecule has 0 aliphatic heterocycles. The van der Waals surface area contributed by atoms with Crippen molar-refractivity contribution in [2.45, 2.75) is 41.0 Å². The first-order chi connectivity index (χ1) is 6.82. The first kappa shape index (κ1) is 14.4. The summed E-state index contributed by atoms with van der Waals surface area (Å²) in [6.07, 6.45) is 0.622. The normalized spacial score (nSPS) is 13.7. The van der Waals surface area contributed by atoms with Crippen LogP contribution in [0.5, 0.6) is 0 Å². The molecule has 90 valence electrons. The average Bonchev–Trinajstić information content (AvgIpc) is 2.12. The van der Waals surface area contributed by atoms with Gasteiger partial charge in [0, 0.05) is 26.1 Å². The van der Waals surface area contributed by atoms with Crippen molar-refractivity contribution in [2.24, 2.45) is 17.1 Å². The maximum absolute atomic E-state index is 11.9. The second kappa shape index (κ2) is 6.11. The highest BCUT2D eigenvalue weighted by molar-refractivity contribution is 5.76. The quantitative estimate of drug-likeness (QED) is 0.759. The first-order valence-electron chi connectivity index (χ1n) is 5.80. The van der Waals surface area contributed by atoms with Crippen LogP contribution in [0.4, 0.5) is 0 Å². The maximum Gasteiger partial charge on any atom is 0.222 e. The molecule has 0 rings (SSSR count). The lowest BCUT2D eigenvalue weighted by molar-refractivity contribution is -0.132. The fourth-order valence-corrected chi connectivity index (χ4v) is 1.31. The van der Waals surface area contributed by atoms with Gasteiger partial charge in [-0.05, 0) is 18.3 Å². The minimum absolute atomic E-state index is 0.192. The molecule has 15 heavy (non-hydrogen) atoms. The Kier molecular flexibility index (Phi) is 5.88. The predicted molar refractivity (Wildman–Crippen MR) is 64.5 cm³/mol. The standard InChI is InChI=1S/C12H26N2O/c1-6-14(8-7-13)11(15)9-10(2)12(3,4)5/h10H,6-9,13H2,1-5H3. The zero-order valence-electron chi connectivity index (χ0n) is 10.8. The highest BCUT2D eigenvalue weighted by Crippen LogP contribution is 2.28. The van der Waals surface area contributed by atoms with Gasteiger partial charge in [0.05, 0.1) is 0 Å². The first-order valence-corrected chi connectivity index (χ1v) is 5.80. The fraction of sp³-hybridized carbons (Fsp3) is 0.917. The highest BCUT2D eigenvalue weighted by atomic mass is 16.2. The summed E-state index contributed by atoms with van der Waals surface area (Å²) in [5.41, 5.74) is 5.66. The number of hydrogen-bond acceptors (Lipinski definition) is 2. The predicted octanol–water partition coefficient (Wildman–Crippen LogP) is 1.87. The molecule has 0 spiro atoms. The van der Waals surface area contributed by atoms with Gasteiger partial charge in [0.25, 0.3) is 0 Å². The number of nitrogens with zero attached hydrogens (tertiary/aromatic N) is 1. The van der Waals surface area contributed by atoms with Crippen LogP contribution in [0, 0.1) is 11.3 Å². The minimum Gasteiger partial charge on any atom is -0.342 e. The smallest absolute Gasteiger partial charge is 0.222 e. The Morgan fingerprint density at radius 1 is 1.40 bits per heavy atom. The van der Waals surface area contributed by atoms with E-state index in [0.29, 0.717) is 25.4 Å². The third-order valence-electron chi connectivity index (χ3n) is 3.09. The van der Waals surface area contributed by atoms with E-state index in [-0.39, 0.29) is 11.3 Å². The highest BCUT2D eigenvalue weighted by Gasteiger charge is 2.24. The van der Waals surface area contributed by atoms with E-state index < -0.39 is 0 Å². The number of rotatable bonds is 5. The summed E-state index contributed by atoms with van der Waals surface area (Å²) >= 11 is 0. The molecule has 0 saturated carbocycles. The Morgan fingerprint density at radius 3 is 2.27 bits per heavy atom. The number of amides is 1. The van der Waals surface area contributed by atoms with Crippen molar-refractivity contribution in [1.82, 2.24) is 4.90 Å².